The molecule has 0 bridgehead atoms. The molecule has 0 aliphatic rings. The van der Waals surface area contributed by atoms with Crippen LogP contribution in [0.4, 0.5) is 4.79 Å². The predicted molar refractivity (Wildman–Crippen MR) is 70.2 cm³/mol. The minimum Gasteiger partial charge on any atom is -0.395 e. The van der Waals surface area contributed by atoms with Crippen molar-refractivity contribution in [1.82, 2.24) is 15.5 Å². The third kappa shape index (κ3) is 8.03. The summed E-state index contributed by atoms with van der Waals surface area (Å²) >= 11 is 0. The number of hydrogen-bond acceptors (Lipinski definition) is 4. The molecule has 0 aliphatic carbocycles. The molecule has 0 atom stereocenters. The molecule has 0 aromatic heterocycles. The van der Waals surface area contributed by atoms with Gasteiger partial charge in [0.25, 0.3) is 0 Å². The number of rotatable bonds is 5. The van der Waals surface area contributed by atoms with Gasteiger partial charge in [-0.05, 0) is 34.6 Å². The number of nitrogens with one attached hydrogen (secondary N) is 2. The van der Waals surface area contributed by atoms with E-state index < -0.39 is 6.03 Å². The van der Waals surface area contributed by atoms with Gasteiger partial charge in [-0.15, -0.1) is 0 Å². The first-order chi connectivity index (χ1) is 8.15. The van der Waals surface area contributed by atoms with E-state index >= 15 is 0 Å². The van der Waals surface area contributed by atoms with Crippen LogP contribution in [0, 0.1) is 0 Å². The summed E-state index contributed by atoms with van der Waals surface area (Å²) in [5.41, 5.74) is -0.382. The van der Waals surface area contributed by atoms with Gasteiger partial charge in [0.15, 0.2) is 0 Å². The number of hydrogen-bond donors (Lipinski definition) is 3. The van der Waals surface area contributed by atoms with Gasteiger partial charge in [-0.2, -0.15) is 0 Å². The third-order valence-electron chi connectivity index (χ3n) is 2.21. The summed E-state index contributed by atoms with van der Waals surface area (Å²) in [6.07, 6.45) is 0. The van der Waals surface area contributed by atoms with Crippen LogP contribution in [0.3, 0.4) is 0 Å². The van der Waals surface area contributed by atoms with Crippen LogP contribution in [-0.2, 0) is 4.79 Å². The van der Waals surface area contributed by atoms with Crippen LogP contribution in [0.5, 0.6) is 0 Å². The van der Waals surface area contributed by atoms with Gasteiger partial charge in [0.05, 0.1) is 13.2 Å². The van der Waals surface area contributed by atoms with Gasteiger partial charge in [0.1, 0.15) is 0 Å². The van der Waals surface area contributed by atoms with Crippen molar-refractivity contribution in [3.8, 4) is 0 Å². The summed E-state index contributed by atoms with van der Waals surface area (Å²) in [5.74, 6) is -0.376. The van der Waals surface area contributed by atoms with Crippen molar-refractivity contribution in [1.29, 1.82) is 0 Å². The molecule has 0 aliphatic heterocycles. The molecule has 106 valence electrons. The number of aliphatic hydroxyl groups is 1. The lowest BCUT2D eigenvalue weighted by atomic mass is 10.1. The summed E-state index contributed by atoms with van der Waals surface area (Å²) < 4.78 is 0. The molecule has 6 nitrogen and oxygen atoms in total. The summed E-state index contributed by atoms with van der Waals surface area (Å²) in [6.45, 7) is 9.85. The van der Waals surface area contributed by atoms with Crippen molar-refractivity contribution >= 4 is 11.9 Å². The molecule has 0 radical (unpaired) electrons. The van der Waals surface area contributed by atoms with Crippen molar-refractivity contribution in [3.63, 3.8) is 0 Å². The summed E-state index contributed by atoms with van der Waals surface area (Å²) in [7, 11) is 0. The second-order valence-electron chi connectivity index (χ2n) is 5.54. The Hall–Kier alpha value is -1.14. The first kappa shape index (κ1) is 16.9. The fraction of sp³-hybridized carbons (Fsp3) is 0.833. The zero-order valence-electron chi connectivity index (χ0n) is 11.9. The number of carbonyl (C=O) groups is 2. The predicted octanol–water partition coefficient (Wildman–Crippen LogP) is 0.313. The summed E-state index contributed by atoms with van der Waals surface area (Å²) in [4.78, 5) is 24.9. The average Bonchev–Trinajstić information content (AvgIpc) is 2.13. The Labute approximate surface area is 109 Å². The number of urea groups is 1. The van der Waals surface area contributed by atoms with Crippen LogP contribution in [0.1, 0.15) is 34.6 Å². The molecule has 0 spiro atoms. The molecule has 0 heterocycles. The van der Waals surface area contributed by atoms with E-state index in [0.29, 0.717) is 6.54 Å². The number of carbonyl (C=O) groups excluding carboxylic acids is 2. The monoisotopic (exact) mass is 259 g/mol. The highest BCUT2D eigenvalue weighted by Gasteiger charge is 2.18. The van der Waals surface area contributed by atoms with Crippen molar-refractivity contribution in [2.45, 2.75) is 46.2 Å². The van der Waals surface area contributed by atoms with Gasteiger partial charge in [-0.1, -0.05) is 0 Å². The van der Waals surface area contributed by atoms with Crippen molar-refractivity contribution < 1.29 is 14.7 Å². The highest BCUT2D eigenvalue weighted by atomic mass is 16.3. The Morgan fingerprint density at radius 2 is 1.83 bits per heavy atom. The van der Waals surface area contributed by atoms with E-state index in [1.54, 1.807) is 4.90 Å². The number of aliphatic hydroxyl groups excluding tert-OH is 1. The summed E-state index contributed by atoms with van der Waals surface area (Å²) in [6, 6.07) is -0.367. The van der Waals surface area contributed by atoms with Crippen molar-refractivity contribution in [3.05, 3.63) is 0 Å². The minimum atomic E-state index is -0.500. The molecule has 0 rings (SSSR count). The molecule has 3 N–H and O–H groups in total. The topological polar surface area (TPSA) is 81.7 Å². The van der Waals surface area contributed by atoms with E-state index in [1.165, 1.54) is 0 Å². The minimum absolute atomic E-state index is 0.0142. The van der Waals surface area contributed by atoms with E-state index in [4.69, 9.17) is 5.11 Å². The van der Waals surface area contributed by atoms with Crippen molar-refractivity contribution in [2.75, 3.05) is 19.7 Å². The highest BCUT2D eigenvalue weighted by molar-refractivity contribution is 5.95. The summed E-state index contributed by atoms with van der Waals surface area (Å²) in [5, 5.41) is 13.8. The molecule has 0 saturated carbocycles. The van der Waals surface area contributed by atoms with E-state index in [9.17, 15) is 9.59 Å². The molecule has 6 heteroatoms. The lowest BCUT2D eigenvalue weighted by Gasteiger charge is -2.25. The molecule has 0 saturated heterocycles. The quantitative estimate of drug-likeness (QED) is 0.664. The lowest BCUT2D eigenvalue weighted by molar-refractivity contribution is -0.121. The highest BCUT2D eigenvalue weighted by Crippen LogP contribution is 1.98. The second-order valence-corrected chi connectivity index (χ2v) is 5.54. The maximum atomic E-state index is 11.6. The average molecular weight is 259 g/mol. The van der Waals surface area contributed by atoms with E-state index in [1.807, 2.05) is 34.6 Å². The smallest absolute Gasteiger partial charge is 0.321 e. The molecule has 0 unspecified atom stereocenters. The van der Waals surface area contributed by atoms with Crippen molar-refractivity contribution in [2.24, 2.45) is 0 Å². The van der Waals surface area contributed by atoms with Gasteiger partial charge < -0.3 is 10.4 Å². The Balaban J connectivity index is 4.20. The third-order valence-corrected chi connectivity index (χ3v) is 2.21. The van der Waals surface area contributed by atoms with Crippen LogP contribution in [0.25, 0.3) is 0 Å². The van der Waals surface area contributed by atoms with E-state index in [0.717, 1.165) is 0 Å². The number of imide groups is 1. The van der Waals surface area contributed by atoms with Crippen LogP contribution < -0.4 is 10.6 Å². The maximum Gasteiger partial charge on any atom is 0.321 e. The molecule has 18 heavy (non-hydrogen) atoms. The molecule has 0 aromatic rings. The van der Waals surface area contributed by atoms with Gasteiger partial charge in [-0.25, -0.2) is 4.79 Å². The second kappa shape index (κ2) is 7.33. The standard InChI is InChI=1S/C12H25N3O3/c1-9(2)15(6-7-16)8-10(17)13-11(18)14-12(3,4)5/h9,16H,6-8H2,1-5H3,(H2,13,14,17,18). The van der Waals surface area contributed by atoms with E-state index in [2.05, 4.69) is 10.6 Å². The Morgan fingerprint density at radius 1 is 1.28 bits per heavy atom. The van der Waals surface area contributed by atoms with Crippen LogP contribution in [0.15, 0.2) is 0 Å². The fourth-order valence-electron chi connectivity index (χ4n) is 1.37. The maximum absolute atomic E-state index is 11.6. The van der Waals surface area contributed by atoms with Crippen LogP contribution >= 0.6 is 0 Å². The molecular formula is C12H25N3O3. The first-order valence-corrected chi connectivity index (χ1v) is 6.12. The Kier molecular flexibility index (Phi) is 6.86. The number of nitrogens with zero attached hydrogens (tertiary/aromatic N) is 1. The normalized spacial score (nSPS) is 11.8. The van der Waals surface area contributed by atoms with Crippen LogP contribution in [0.2, 0.25) is 0 Å². The van der Waals surface area contributed by atoms with Gasteiger partial charge in [0, 0.05) is 18.1 Å². The van der Waals surface area contributed by atoms with Crippen LogP contribution in [-0.4, -0.2) is 53.2 Å². The SMILES string of the molecule is CC(C)N(CCO)CC(=O)NC(=O)NC(C)(C)C. The zero-order chi connectivity index (χ0) is 14.3. The molecule has 0 aromatic carbocycles. The lowest BCUT2D eigenvalue weighted by Crippen LogP contribution is -2.51. The Bertz CT molecular complexity index is 285. The first-order valence-electron chi connectivity index (χ1n) is 6.12. The van der Waals surface area contributed by atoms with Gasteiger partial charge >= 0.3 is 6.03 Å². The van der Waals surface area contributed by atoms with Gasteiger partial charge in [0.2, 0.25) is 5.91 Å². The van der Waals surface area contributed by atoms with Gasteiger partial charge in [-0.3, -0.25) is 15.0 Å². The molecule has 3 amide bonds. The molecular weight excluding hydrogens is 234 g/mol. The Morgan fingerprint density at radius 3 is 2.22 bits per heavy atom. The largest absolute Gasteiger partial charge is 0.395 e. The van der Waals surface area contributed by atoms with E-state index in [-0.39, 0.29) is 30.6 Å². The fourth-order valence-corrected chi connectivity index (χ4v) is 1.37. The molecule has 0 fully saturated rings. The zero-order valence-corrected chi connectivity index (χ0v) is 11.9. The number of amides is 3.